The van der Waals surface area contributed by atoms with Crippen molar-refractivity contribution in [1.29, 1.82) is 5.26 Å². The second kappa shape index (κ2) is 11.6. The van der Waals surface area contributed by atoms with Crippen molar-refractivity contribution in [3.05, 3.63) is 118 Å². The molecule has 1 aromatic heterocycles. The lowest BCUT2D eigenvalue weighted by atomic mass is 10.0. The first-order chi connectivity index (χ1) is 19.5. The number of H-pyrrole nitrogens is 1. The van der Waals surface area contributed by atoms with Gasteiger partial charge in [-0.05, 0) is 42.0 Å². The number of halogens is 1. The fraction of sp³-hybridized carbons (Fsp3) is 0.0323. The van der Waals surface area contributed by atoms with Crippen LogP contribution in [0.2, 0.25) is 5.02 Å². The van der Waals surface area contributed by atoms with Crippen LogP contribution in [0.3, 0.4) is 0 Å². The number of benzene rings is 4. The van der Waals surface area contributed by atoms with Gasteiger partial charge in [0, 0.05) is 21.5 Å². The van der Waals surface area contributed by atoms with Crippen LogP contribution >= 0.6 is 11.6 Å². The molecule has 1 heterocycles. The van der Waals surface area contributed by atoms with E-state index in [2.05, 4.69) is 21.6 Å². The maximum Gasteiger partial charge on any atom is 0.347 e. The van der Waals surface area contributed by atoms with Gasteiger partial charge >= 0.3 is 5.97 Å². The maximum absolute atomic E-state index is 13.3. The Morgan fingerprint density at radius 2 is 1.75 bits per heavy atom. The number of carbonyl (C=O) groups is 2. The van der Waals surface area contributed by atoms with Crippen LogP contribution in [0.5, 0.6) is 11.5 Å². The molecule has 0 fully saturated rings. The average molecular weight is 549 g/mol. The molecule has 9 heteroatoms. The number of amides is 1. The molecule has 0 spiro atoms. The number of ether oxygens (including phenoxy) is 2. The third kappa shape index (κ3) is 5.27. The van der Waals surface area contributed by atoms with E-state index in [9.17, 15) is 14.9 Å². The zero-order chi connectivity index (χ0) is 28.1. The molecule has 0 aliphatic carbocycles. The molecular formula is C31H21ClN4O4. The summed E-state index contributed by atoms with van der Waals surface area (Å²) in [4.78, 5) is 29.3. The van der Waals surface area contributed by atoms with Crippen LogP contribution in [0.25, 0.3) is 22.0 Å². The van der Waals surface area contributed by atoms with Crippen molar-refractivity contribution >= 4 is 40.6 Å². The SMILES string of the molecule is COc1ccc(Cl)cc1C(=O)Oc1ccccc1C=NNC(=O)c1[nH]c2c(C#N)cccc2c1-c1ccccc1. The Labute approximate surface area is 234 Å². The molecule has 40 heavy (non-hydrogen) atoms. The van der Waals surface area contributed by atoms with Crippen LogP contribution in [-0.2, 0) is 0 Å². The normalized spacial score (nSPS) is 10.8. The molecule has 0 aliphatic heterocycles. The molecule has 4 aromatic carbocycles. The second-order valence-corrected chi connectivity index (χ2v) is 8.99. The molecule has 5 rings (SSSR count). The van der Waals surface area contributed by atoms with E-state index < -0.39 is 11.9 Å². The number of carbonyl (C=O) groups excluding carboxylic acids is 2. The predicted octanol–water partition coefficient (Wildman–Crippen LogP) is 6.35. The van der Waals surface area contributed by atoms with Gasteiger partial charge in [0.2, 0.25) is 0 Å². The van der Waals surface area contributed by atoms with E-state index in [-0.39, 0.29) is 17.0 Å². The first kappa shape index (κ1) is 26.2. The zero-order valence-electron chi connectivity index (χ0n) is 21.1. The van der Waals surface area contributed by atoms with Gasteiger partial charge in [-0.25, -0.2) is 10.2 Å². The van der Waals surface area contributed by atoms with Crippen LogP contribution in [0.1, 0.15) is 32.0 Å². The van der Waals surface area contributed by atoms with Gasteiger partial charge in [0.1, 0.15) is 28.8 Å². The van der Waals surface area contributed by atoms with Crippen molar-refractivity contribution in [3.8, 4) is 28.7 Å². The Bertz CT molecular complexity index is 1810. The van der Waals surface area contributed by atoms with Crippen LogP contribution < -0.4 is 14.9 Å². The number of fused-ring (bicyclic) bond motifs is 1. The average Bonchev–Trinajstić information content (AvgIpc) is 3.38. The van der Waals surface area contributed by atoms with Gasteiger partial charge < -0.3 is 14.5 Å². The van der Waals surface area contributed by atoms with Gasteiger partial charge in [-0.1, -0.05) is 66.2 Å². The van der Waals surface area contributed by atoms with Gasteiger partial charge in [0.05, 0.1) is 24.4 Å². The van der Waals surface area contributed by atoms with E-state index in [4.69, 9.17) is 21.1 Å². The number of para-hydroxylation sites is 2. The van der Waals surface area contributed by atoms with Crippen LogP contribution in [0.15, 0.2) is 96.1 Å². The summed E-state index contributed by atoms with van der Waals surface area (Å²) in [6.07, 6.45) is 1.38. The number of rotatable bonds is 7. The number of methoxy groups -OCH3 is 1. The van der Waals surface area contributed by atoms with E-state index in [1.54, 1.807) is 48.5 Å². The largest absolute Gasteiger partial charge is 0.496 e. The number of nitriles is 1. The quantitative estimate of drug-likeness (QED) is 0.106. The molecule has 0 unspecified atom stereocenters. The monoisotopic (exact) mass is 548 g/mol. The number of hydrogen-bond acceptors (Lipinski definition) is 6. The number of aromatic nitrogens is 1. The van der Waals surface area contributed by atoms with Gasteiger partial charge in [-0.15, -0.1) is 0 Å². The van der Waals surface area contributed by atoms with E-state index in [0.717, 1.165) is 10.9 Å². The minimum atomic E-state index is -0.664. The van der Waals surface area contributed by atoms with E-state index in [1.165, 1.54) is 19.4 Å². The summed E-state index contributed by atoms with van der Waals surface area (Å²) < 4.78 is 10.8. The molecular weight excluding hydrogens is 528 g/mol. The molecule has 0 saturated carbocycles. The molecule has 0 saturated heterocycles. The van der Waals surface area contributed by atoms with E-state index in [1.807, 2.05) is 36.4 Å². The van der Waals surface area contributed by atoms with E-state index >= 15 is 0 Å². The molecule has 1 amide bonds. The first-order valence-corrected chi connectivity index (χ1v) is 12.5. The highest BCUT2D eigenvalue weighted by molar-refractivity contribution is 6.31. The van der Waals surface area contributed by atoms with Crippen LogP contribution in [0.4, 0.5) is 0 Å². The van der Waals surface area contributed by atoms with Gasteiger partial charge in [-0.3, -0.25) is 4.79 Å². The van der Waals surface area contributed by atoms with Crippen molar-refractivity contribution in [3.63, 3.8) is 0 Å². The molecule has 8 nitrogen and oxygen atoms in total. The molecule has 0 aliphatic rings. The summed E-state index contributed by atoms with van der Waals surface area (Å²) in [6, 6.07) is 28.3. The highest BCUT2D eigenvalue weighted by Crippen LogP contribution is 2.34. The number of aromatic amines is 1. The predicted molar refractivity (Wildman–Crippen MR) is 153 cm³/mol. The van der Waals surface area contributed by atoms with E-state index in [0.29, 0.717) is 33.0 Å². The lowest BCUT2D eigenvalue weighted by Crippen LogP contribution is -2.19. The van der Waals surface area contributed by atoms with Gasteiger partial charge in [0.25, 0.3) is 5.91 Å². The third-order valence-corrected chi connectivity index (χ3v) is 6.35. The Balaban J connectivity index is 1.41. The number of hydrazone groups is 1. The second-order valence-electron chi connectivity index (χ2n) is 8.55. The molecule has 196 valence electrons. The highest BCUT2D eigenvalue weighted by atomic mass is 35.5. The fourth-order valence-electron chi connectivity index (χ4n) is 4.28. The Kier molecular flexibility index (Phi) is 7.58. The van der Waals surface area contributed by atoms with Crippen LogP contribution in [0, 0.1) is 11.3 Å². The van der Waals surface area contributed by atoms with Crippen molar-refractivity contribution in [2.24, 2.45) is 5.10 Å². The van der Waals surface area contributed by atoms with Gasteiger partial charge in [0.15, 0.2) is 0 Å². The minimum Gasteiger partial charge on any atom is -0.496 e. The molecule has 0 radical (unpaired) electrons. The van der Waals surface area contributed by atoms with Crippen molar-refractivity contribution in [2.75, 3.05) is 7.11 Å². The summed E-state index contributed by atoms with van der Waals surface area (Å²) in [5, 5.41) is 14.8. The molecule has 5 aromatic rings. The van der Waals surface area contributed by atoms with Crippen LogP contribution in [-0.4, -0.2) is 30.2 Å². The smallest absolute Gasteiger partial charge is 0.347 e. The highest BCUT2D eigenvalue weighted by Gasteiger charge is 2.21. The maximum atomic E-state index is 13.3. The van der Waals surface area contributed by atoms with Crippen molar-refractivity contribution < 1.29 is 19.1 Å². The zero-order valence-corrected chi connectivity index (χ0v) is 21.9. The Morgan fingerprint density at radius 3 is 2.52 bits per heavy atom. The molecule has 2 N–H and O–H groups in total. The lowest BCUT2D eigenvalue weighted by Gasteiger charge is -2.10. The molecule has 0 bridgehead atoms. The summed E-state index contributed by atoms with van der Waals surface area (Å²) in [6.45, 7) is 0. The van der Waals surface area contributed by atoms with Crippen molar-refractivity contribution in [2.45, 2.75) is 0 Å². The third-order valence-electron chi connectivity index (χ3n) is 6.12. The Hall–Kier alpha value is -5.39. The van der Waals surface area contributed by atoms with Gasteiger partial charge in [-0.2, -0.15) is 10.4 Å². The minimum absolute atomic E-state index is 0.166. The summed E-state index contributed by atoms with van der Waals surface area (Å²) in [5.41, 5.74) is 5.86. The lowest BCUT2D eigenvalue weighted by molar-refractivity contribution is 0.0730. The van der Waals surface area contributed by atoms with Crippen molar-refractivity contribution in [1.82, 2.24) is 10.4 Å². The number of nitrogens with one attached hydrogen (secondary N) is 2. The summed E-state index contributed by atoms with van der Waals surface area (Å²) >= 11 is 6.05. The number of esters is 1. The molecule has 0 atom stereocenters. The summed E-state index contributed by atoms with van der Waals surface area (Å²) in [7, 11) is 1.45. The first-order valence-electron chi connectivity index (χ1n) is 12.1. The Morgan fingerprint density at radius 1 is 0.975 bits per heavy atom. The summed E-state index contributed by atoms with van der Waals surface area (Å²) in [5.74, 6) is -0.627. The number of nitrogens with zero attached hydrogens (tertiary/aromatic N) is 2. The number of hydrogen-bond donors (Lipinski definition) is 2. The fourth-order valence-corrected chi connectivity index (χ4v) is 4.45. The standard InChI is InChI=1S/C31H21ClN4O4/c1-39-26-15-14-22(32)16-24(26)31(38)40-25-13-6-5-10-21(25)18-34-36-30(37)29-27(19-8-3-2-4-9-19)23-12-7-11-20(17-33)28(23)35-29/h2-16,18,35H,1H3,(H,36,37). The topological polar surface area (TPSA) is 117 Å².